The monoisotopic (exact) mass is 435 g/mol. The molecule has 0 spiro atoms. The quantitative estimate of drug-likeness (QED) is 0.406. The smallest absolute Gasteiger partial charge is 0.130 e. The molecule has 0 aliphatic carbocycles. The van der Waals surface area contributed by atoms with Gasteiger partial charge in [0.15, 0.2) is 0 Å². The molecule has 1 unspecified atom stereocenters. The lowest BCUT2D eigenvalue weighted by atomic mass is 9.92. The number of piperidine rings is 1. The molecule has 1 saturated heterocycles. The second-order valence-corrected chi connectivity index (χ2v) is 8.73. The lowest BCUT2D eigenvalue weighted by Crippen LogP contribution is -2.37. The van der Waals surface area contributed by atoms with E-state index in [1.165, 1.54) is 16.3 Å². The Bertz CT molecular complexity index is 1040. The summed E-state index contributed by atoms with van der Waals surface area (Å²) in [7, 11) is 3.43. The second-order valence-electron chi connectivity index (χ2n) is 8.73. The summed E-state index contributed by atoms with van der Waals surface area (Å²) in [6, 6.07) is 17.2. The van der Waals surface area contributed by atoms with Crippen molar-refractivity contribution >= 4 is 10.8 Å². The van der Waals surface area contributed by atoms with Gasteiger partial charge in [0.1, 0.15) is 17.7 Å². The summed E-state index contributed by atoms with van der Waals surface area (Å²) in [5.41, 5.74) is 4.63. The number of halogens is 1. The van der Waals surface area contributed by atoms with Crippen molar-refractivity contribution in [2.75, 3.05) is 33.9 Å². The molecule has 1 aliphatic heterocycles. The number of aryl methyl sites for hydroxylation is 1. The van der Waals surface area contributed by atoms with E-state index in [4.69, 9.17) is 9.47 Å². The second kappa shape index (κ2) is 10.4. The predicted molar refractivity (Wildman–Crippen MR) is 131 cm³/mol. The first-order valence-corrected chi connectivity index (χ1v) is 11.8. The van der Waals surface area contributed by atoms with E-state index >= 15 is 0 Å². The van der Waals surface area contributed by atoms with E-state index in [2.05, 4.69) is 60.4 Å². The summed E-state index contributed by atoms with van der Waals surface area (Å²) in [5, 5.41) is 2.50. The maximum atomic E-state index is 13.8. The van der Waals surface area contributed by atoms with Crippen LogP contribution in [0.15, 0.2) is 48.5 Å². The summed E-state index contributed by atoms with van der Waals surface area (Å²) in [6.45, 7) is 4.58. The fraction of sp³-hybridized carbons (Fsp3) is 0.429. The summed E-state index contributed by atoms with van der Waals surface area (Å²) >= 11 is 0. The molecule has 0 saturated carbocycles. The molecule has 0 bridgehead atoms. The molecule has 1 aliphatic rings. The van der Waals surface area contributed by atoms with Crippen LogP contribution in [0.4, 0.5) is 4.39 Å². The average molecular weight is 436 g/mol. The van der Waals surface area contributed by atoms with Gasteiger partial charge in [-0.2, -0.15) is 0 Å². The number of rotatable bonds is 8. The molecule has 170 valence electrons. The van der Waals surface area contributed by atoms with Gasteiger partial charge in [-0.1, -0.05) is 49.7 Å². The average Bonchev–Trinajstić information content (AvgIpc) is 2.82. The number of likely N-dealkylation sites (tertiary alicyclic amines) is 1. The molecule has 4 heteroatoms. The normalized spacial score (nSPS) is 16.9. The molecule has 0 amide bonds. The van der Waals surface area contributed by atoms with Gasteiger partial charge in [-0.25, -0.2) is 4.39 Å². The molecule has 32 heavy (non-hydrogen) atoms. The van der Waals surface area contributed by atoms with Crippen LogP contribution in [0.25, 0.3) is 21.9 Å². The number of hydrogen-bond donors (Lipinski definition) is 0. The van der Waals surface area contributed by atoms with Gasteiger partial charge in [-0.05, 0) is 71.8 Å². The van der Waals surface area contributed by atoms with E-state index in [-0.39, 0.29) is 0 Å². The van der Waals surface area contributed by atoms with Gasteiger partial charge < -0.3 is 14.4 Å². The molecule has 0 radical (unpaired) electrons. The van der Waals surface area contributed by atoms with E-state index in [1.54, 1.807) is 14.2 Å². The van der Waals surface area contributed by atoms with Crippen LogP contribution in [0.3, 0.4) is 0 Å². The molecule has 4 rings (SSSR count). The summed E-state index contributed by atoms with van der Waals surface area (Å²) < 4.78 is 25.5. The Kier molecular flexibility index (Phi) is 7.31. The maximum absolute atomic E-state index is 13.8. The van der Waals surface area contributed by atoms with Crippen LogP contribution >= 0.6 is 0 Å². The Morgan fingerprint density at radius 1 is 0.969 bits per heavy atom. The van der Waals surface area contributed by atoms with Crippen molar-refractivity contribution in [1.29, 1.82) is 0 Å². The summed E-state index contributed by atoms with van der Waals surface area (Å²) in [4.78, 5) is 2.22. The third kappa shape index (κ3) is 4.75. The minimum absolute atomic E-state index is 0.544. The highest BCUT2D eigenvalue weighted by atomic mass is 19.1. The van der Waals surface area contributed by atoms with Crippen LogP contribution in [0.5, 0.6) is 11.5 Å². The topological polar surface area (TPSA) is 21.7 Å². The number of ether oxygens (including phenoxy) is 2. The largest absolute Gasteiger partial charge is 0.496 e. The van der Waals surface area contributed by atoms with Crippen molar-refractivity contribution in [3.63, 3.8) is 0 Å². The fourth-order valence-electron chi connectivity index (χ4n) is 4.95. The van der Waals surface area contributed by atoms with Crippen LogP contribution in [0.1, 0.15) is 37.3 Å². The van der Waals surface area contributed by atoms with Crippen LogP contribution in [0, 0.1) is 0 Å². The number of benzene rings is 3. The van der Waals surface area contributed by atoms with Crippen molar-refractivity contribution < 1.29 is 13.9 Å². The molecular formula is C28H34FNO2. The molecule has 1 fully saturated rings. The van der Waals surface area contributed by atoms with Crippen molar-refractivity contribution in [2.45, 2.75) is 45.2 Å². The highest BCUT2D eigenvalue weighted by Gasteiger charge is 2.20. The highest BCUT2D eigenvalue weighted by Crippen LogP contribution is 2.43. The number of nitrogens with zero attached hydrogens (tertiary/aromatic N) is 1. The van der Waals surface area contributed by atoms with Crippen LogP contribution < -0.4 is 9.47 Å². The first-order valence-electron chi connectivity index (χ1n) is 11.8. The van der Waals surface area contributed by atoms with E-state index in [1.807, 2.05) is 0 Å². The first kappa shape index (κ1) is 22.6. The molecular weight excluding hydrogens is 401 g/mol. The van der Waals surface area contributed by atoms with E-state index < -0.39 is 6.17 Å². The standard InChI is InChI=1S/C28H34FNO2/c1-4-8-21-9-5-12-24-23(21)11-6-13-25(24)28-26(31-2)17-20(18-27(28)32-3)14-16-30-15-7-10-22(29)19-30/h5-6,9,11-13,17-18,22H,4,7-8,10,14-16,19H2,1-3H3. The number of alkyl halides is 1. The van der Waals surface area contributed by atoms with Crippen LogP contribution in [0.2, 0.25) is 0 Å². The maximum Gasteiger partial charge on any atom is 0.130 e. The molecule has 0 aromatic heterocycles. The molecule has 1 atom stereocenters. The lowest BCUT2D eigenvalue weighted by molar-refractivity contribution is 0.140. The van der Waals surface area contributed by atoms with Gasteiger partial charge in [-0.3, -0.25) is 0 Å². The number of hydrogen-bond acceptors (Lipinski definition) is 3. The fourth-order valence-corrected chi connectivity index (χ4v) is 4.95. The number of methoxy groups -OCH3 is 2. The molecule has 0 N–H and O–H groups in total. The first-order chi connectivity index (χ1) is 15.6. The zero-order valence-electron chi connectivity index (χ0n) is 19.5. The zero-order valence-corrected chi connectivity index (χ0v) is 19.5. The molecule has 3 aromatic rings. The Morgan fingerprint density at radius 2 is 1.69 bits per heavy atom. The van der Waals surface area contributed by atoms with E-state index in [9.17, 15) is 4.39 Å². The minimum atomic E-state index is -0.695. The molecule has 3 aromatic carbocycles. The van der Waals surface area contributed by atoms with E-state index in [0.717, 1.165) is 67.0 Å². The SMILES string of the molecule is CCCc1cccc2c(-c3c(OC)cc(CCN4CCCC(F)C4)cc3OC)cccc12. The van der Waals surface area contributed by atoms with Crippen LogP contribution in [-0.2, 0) is 12.8 Å². The van der Waals surface area contributed by atoms with Gasteiger partial charge in [0.2, 0.25) is 0 Å². The summed E-state index contributed by atoms with van der Waals surface area (Å²) in [5.74, 6) is 1.63. The Hall–Kier alpha value is -2.59. The van der Waals surface area contributed by atoms with Crippen molar-refractivity contribution in [3.8, 4) is 22.6 Å². The Labute approximate surface area is 191 Å². The van der Waals surface area contributed by atoms with Gasteiger partial charge >= 0.3 is 0 Å². The van der Waals surface area contributed by atoms with E-state index in [0.29, 0.717) is 13.0 Å². The minimum Gasteiger partial charge on any atom is -0.496 e. The summed E-state index contributed by atoms with van der Waals surface area (Å²) in [6.07, 6.45) is 3.95. The third-order valence-electron chi connectivity index (χ3n) is 6.53. The van der Waals surface area contributed by atoms with Crippen molar-refractivity contribution in [1.82, 2.24) is 4.90 Å². The van der Waals surface area contributed by atoms with Gasteiger partial charge in [0.05, 0.1) is 19.8 Å². The predicted octanol–water partition coefficient (Wildman–Crippen LogP) is 6.45. The van der Waals surface area contributed by atoms with Gasteiger partial charge in [0.25, 0.3) is 0 Å². The lowest BCUT2D eigenvalue weighted by Gasteiger charge is -2.29. The van der Waals surface area contributed by atoms with Gasteiger partial charge in [0, 0.05) is 13.1 Å². The zero-order chi connectivity index (χ0) is 22.5. The molecule has 3 nitrogen and oxygen atoms in total. The molecule has 1 heterocycles. The van der Waals surface area contributed by atoms with Crippen molar-refractivity contribution in [3.05, 3.63) is 59.7 Å². The third-order valence-corrected chi connectivity index (χ3v) is 6.53. The van der Waals surface area contributed by atoms with Crippen LogP contribution in [-0.4, -0.2) is 44.9 Å². The van der Waals surface area contributed by atoms with Crippen molar-refractivity contribution in [2.24, 2.45) is 0 Å². The van der Waals surface area contributed by atoms with Gasteiger partial charge in [-0.15, -0.1) is 0 Å². The Morgan fingerprint density at radius 3 is 2.38 bits per heavy atom. The highest BCUT2D eigenvalue weighted by molar-refractivity contribution is 6.01. The number of fused-ring (bicyclic) bond motifs is 1. The Balaban J connectivity index is 1.71.